The minimum absolute atomic E-state index is 0.0550. The Kier molecular flexibility index (Phi) is 5.85. The summed E-state index contributed by atoms with van der Waals surface area (Å²) in [7, 11) is 0. The fraction of sp³-hybridized carbons (Fsp3) is 0.421. The molecule has 1 N–H and O–H groups in total. The second-order valence-corrected chi connectivity index (χ2v) is 5.83. The van der Waals surface area contributed by atoms with Gasteiger partial charge in [-0.05, 0) is 38.0 Å². The Hall–Kier alpha value is -2.23. The number of ketones is 1. The highest BCUT2D eigenvalue weighted by atomic mass is 16.1. The predicted molar refractivity (Wildman–Crippen MR) is 92.9 cm³/mol. The summed E-state index contributed by atoms with van der Waals surface area (Å²) in [6, 6.07) is 5.47. The molecule has 0 saturated heterocycles. The summed E-state index contributed by atoms with van der Waals surface area (Å²) < 4.78 is 0. The van der Waals surface area contributed by atoms with Crippen LogP contribution in [0, 0.1) is 6.92 Å². The molecule has 0 aliphatic heterocycles. The van der Waals surface area contributed by atoms with Crippen molar-refractivity contribution in [1.82, 2.24) is 9.97 Å². The molecule has 2 aromatic heterocycles. The van der Waals surface area contributed by atoms with Crippen LogP contribution in [0.15, 0.2) is 29.2 Å². The molecule has 2 aromatic rings. The minimum atomic E-state index is -0.0550. The van der Waals surface area contributed by atoms with Crippen molar-refractivity contribution in [1.29, 1.82) is 0 Å². The monoisotopic (exact) mass is 312 g/mol. The van der Waals surface area contributed by atoms with Gasteiger partial charge < -0.3 is 4.98 Å². The molecule has 0 aliphatic carbocycles. The molecule has 0 unspecified atom stereocenters. The van der Waals surface area contributed by atoms with Gasteiger partial charge in [-0.15, -0.1) is 0 Å². The van der Waals surface area contributed by atoms with Crippen molar-refractivity contribution < 1.29 is 4.79 Å². The molecule has 122 valence electrons. The van der Waals surface area contributed by atoms with E-state index in [1.807, 2.05) is 26.0 Å². The third-order valence-corrected chi connectivity index (χ3v) is 4.06. The third-order valence-electron chi connectivity index (χ3n) is 4.06. The first-order valence-electron chi connectivity index (χ1n) is 8.29. The number of aryl methyl sites for hydroxylation is 2. The van der Waals surface area contributed by atoms with E-state index in [-0.39, 0.29) is 11.3 Å². The molecule has 0 aliphatic rings. The van der Waals surface area contributed by atoms with Gasteiger partial charge in [-0.25, -0.2) is 0 Å². The molecule has 2 heterocycles. The van der Waals surface area contributed by atoms with Crippen LogP contribution in [0.5, 0.6) is 0 Å². The summed E-state index contributed by atoms with van der Waals surface area (Å²) in [5, 5.41) is 0. The highest BCUT2D eigenvalue weighted by Crippen LogP contribution is 2.21. The second kappa shape index (κ2) is 7.86. The van der Waals surface area contributed by atoms with Gasteiger partial charge in [-0.3, -0.25) is 14.6 Å². The molecular weight excluding hydrogens is 288 g/mol. The van der Waals surface area contributed by atoms with E-state index in [0.717, 1.165) is 41.8 Å². The van der Waals surface area contributed by atoms with Crippen LogP contribution in [-0.2, 0) is 6.42 Å². The number of nitrogens with one attached hydrogen (secondary N) is 1. The van der Waals surface area contributed by atoms with Gasteiger partial charge >= 0.3 is 0 Å². The van der Waals surface area contributed by atoms with E-state index in [2.05, 4.69) is 16.9 Å². The summed E-state index contributed by atoms with van der Waals surface area (Å²) in [6.45, 7) is 5.93. The highest BCUT2D eigenvalue weighted by Gasteiger charge is 2.11. The van der Waals surface area contributed by atoms with Crippen molar-refractivity contribution in [2.24, 2.45) is 0 Å². The van der Waals surface area contributed by atoms with Crippen molar-refractivity contribution in [2.45, 2.75) is 52.9 Å². The zero-order valence-electron chi connectivity index (χ0n) is 14.1. The molecule has 0 saturated carbocycles. The van der Waals surface area contributed by atoms with Gasteiger partial charge in [0.15, 0.2) is 5.78 Å². The van der Waals surface area contributed by atoms with Crippen molar-refractivity contribution in [3.05, 3.63) is 51.6 Å². The highest BCUT2D eigenvalue weighted by molar-refractivity contribution is 5.96. The van der Waals surface area contributed by atoms with Crippen LogP contribution in [0.1, 0.15) is 61.1 Å². The SMILES string of the molecule is CCCCCC(=O)c1ccnc(-c2cc(CC)c(=O)[nH]c2C)c1. The fourth-order valence-corrected chi connectivity index (χ4v) is 2.63. The van der Waals surface area contributed by atoms with Gasteiger partial charge in [-0.1, -0.05) is 26.7 Å². The molecule has 0 radical (unpaired) electrons. The summed E-state index contributed by atoms with van der Waals surface area (Å²) in [6.07, 6.45) is 6.00. The largest absolute Gasteiger partial charge is 0.326 e. The van der Waals surface area contributed by atoms with E-state index in [0.29, 0.717) is 18.4 Å². The van der Waals surface area contributed by atoms with Gasteiger partial charge in [-0.2, -0.15) is 0 Å². The summed E-state index contributed by atoms with van der Waals surface area (Å²) in [5.41, 5.74) is 3.75. The van der Waals surface area contributed by atoms with Crippen LogP contribution in [0.4, 0.5) is 0 Å². The minimum Gasteiger partial charge on any atom is -0.326 e. The third kappa shape index (κ3) is 4.15. The molecule has 4 nitrogen and oxygen atoms in total. The Morgan fingerprint density at radius 1 is 1.22 bits per heavy atom. The number of unbranched alkanes of at least 4 members (excludes halogenated alkanes) is 2. The van der Waals surface area contributed by atoms with E-state index in [1.54, 1.807) is 12.3 Å². The van der Waals surface area contributed by atoms with E-state index in [9.17, 15) is 9.59 Å². The lowest BCUT2D eigenvalue weighted by atomic mass is 10.0. The zero-order chi connectivity index (χ0) is 16.8. The number of pyridine rings is 2. The number of H-pyrrole nitrogens is 1. The quantitative estimate of drug-likeness (QED) is 0.619. The number of carbonyl (C=O) groups is 1. The number of rotatable bonds is 7. The summed E-state index contributed by atoms with van der Waals surface area (Å²) in [5.74, 6) is 0.153. The molecule has 0 bridgehead atoms. The van der Waals surface area contributed by atoms with Crippen LogP contribution >= 0.6 is 0 Å². The maximum atomic E-state index is 12.3. The smallest absolute Gasteiger partial charge is 0.251 e. The van der Waals surface area contributed by atoms with Gasteiger partial charge in [0.1, 0.15) is 0 Å². The number of Topliss-reactive ketones (excluding diaryl/α,β-unsaturated/α-hetero) is 1. The Morgan fingerprint density at radius 2 is 2.00 bits per heavy atom. The number of aromatic nitrogens is 2. The maximum Gasteiger partial charge on any atom is 0.251 e. The van der Waals surface area contributed by atoms with E-state index in [1.165, 1.54) is 0 Å². The lowest BCUT2D eigenvalue weighted by Crippen LogP contribution is -2.14. The van der Waals surface area contributed by atoms with E-state index >= 15 is 0 Å². The molecule has 2 rings (SSSR count). The van der Waals surface area contributed by atoms with Gasteiger partial charge in [0.25, 0.3) is 5.56 Å². The average Bonchev–Trinajstić information content (AvgIpc) is 2.55. The fourth-order valence-electron chi connectivity index (χ4n) is 2.63. The first kappa shape index (κ1) is 17.1. The zero-order valence-corrected chi connectivity index (χ0v) is 14.1. The predicted octanol–water partition coefficient (Wildman–Crippen LogP) is 4.07. The van der Waals surface area contributed by atoms with Crippen LogP contribution in [-0.4, -0.2) is 15.8 Å². The first-order valence-corrected chi connectivity index (χ1v) is 8.29. The lowest BCUT2D eigenvalue weighted by molar-refractivity contribution is 0.0979. The molecule has 23 heavy (non-hydrogen) atoms. The first-order chi connectivity index (χ1) is 11.1. The Morgan fingerprint density at radius 3 is 2.70 bits per heavy atom. The number of hydrogen-bond acceptors (Lipinski definition) is 3. The normalized spacial score (nSPS) is 10.7. The van der Waals surface area contributed by atoms with Crippen molar-refractivity contribution in [2.75, 3.05) is 0 Å². The number of nitrogens with zero attached hydrogens (tertiary/aromatic N) is 1. The maximum absolute atomic E-state index is 12.3. The molecule has 0 atom stereocenters. The Labute approximate surface area is 137 Å². The average molecular weight is 312 g/mol. The van der Waals surface area contributed by atoms with Crippen LogP contribution in [0.25, 0.3) is 11.3 Å². The second-order valence-electron chi connectivity index (χ2n) is 5.83. The molecule has 4 heteroatoms. The summed E-state index contributed by atoms with van der Waals surface area (Å²) >= 11 is 0. The standard InChI is InChI=1S/C19H24N2O2/c1-4-6-7-8-18(22)15-9-10-20-17(12-15)16-11-14(5-2)19(23)21-13(16)3/h9-12H,4-8H2,1-3H3,(H,21,23). The van der Waals surface area contributed by atoms with Crippen LogP contribution in [0.2, 0.25) is 0 Å². The Bertz CT molecular complexity index is 747. The van der Waals surface area contributed by atoms with Crippen molar-refractivity contribution in [3.63, 3.8) is 0 Å². The lowest BCUT2D eigenvalue weighted by Gasteiger charge is -2.09. The number of aromatic amines is 1. The molecule has 0 aromatic carbocycles. The van der Waals surface area contributed by atoms with Gasteiger partial charge in [0.2, 0.25) is 0 Å². The Balaban J connectivity index is 2.33. The number of hydrogen-bond donors (Lipinski definition) is 1. The van der Waals surface area contributed by atoms with E-state index < -0.39 is 0 Å². The van der Waals surface area contributed by atoms with Gasteiger partial charge in [0, 0.05) is 35.0 Å². The number of carbonyl (C=O) groups excluding carboxylic acids is 1. The van der Waals surface area contributed by atoms with Gasteiger partial charge in [0.05, 0.1) is 5.69 Å². The van der Waals surface area contributed by atoms with Crippen molar-refractivity contribution in [3.8, 4) is 11.3 Å². The van der Waals surface area contributed by atoms with Crippen molar-refractivity contribution >= 4 is 5.78 Å². The topological polar surface area (TPSA) is 62.8 Å². The molecule has 0 amide bonds. The van der Waals surface area contributed by atoms with Crippen LogP contribution < -0.4 is 5.56 Å². The molecule has 0 fully saturated rings. The molecular formula is C19H24N2O2. The molecule has 0 spiro atoms. The van der Waals surface area contributed by atoms with Crippen LogP contribution in [0.3, 0.4) is 0 Å². The van der Waals surface area contributed by atoms with E-state index in [4.69, 9.17) is 0 Å². The summed E-state index contributed by atoms with van der Waals surface area (Å²) in [4.78, 5) is 31.4.